The first kappa shape index (κ1) is 28.7. The topological polar surface area (TPSA) is 44.0 Å². The molecule has 8 heteroatoms. The predicted molar refractivity (Wildman–Crippen MR) is 159 cm³/mol. The maximum absolute atomic E-state index is 6.01. The summed E-state index contributed by atoms with van der Waals surface area (Å²) in [4.78, 5) is 2.20. The number of halogens is 2. The minimum atomic E-state index is 0.555. The quantitative estimate of drug-likeness (QED) is 0.144. The average Bonchev–Trinajstić information content (AvgIpc) is 2.97. The Hall–Kier alpha value is -3.35. The van der Waals surface area contributed by atoms with Gasteiger partial charge in [0.25, 0.3) is 0 Å². The van der Waals surface area contributed by atoms with Gasteiger partial charge >= 0.3 is 0 Å². The first-order valence-electron chi connectivity index (χ1n) is 12.8. The third-order valence-corrected chi connectivity index (χ3v) is 7.17. The van der Waals surface area contributed by atoms with Crippen LogP contribution in [0.5, 0.6) is 23.0 Å². The van der Waals surface area contributed by atoms with Crippen molar-refractivity contribution >= 4 is 39.7 Å². The Morgan fingerprint density at radius 3 is 1.87 bits per heavy atom. The van der Waals surface area contributed by atoms with Crippen molar-refractivity contribution in [1.29, 1.82) is 0 Å². The summed E-state index contributed by atoms with van der Waals surface area (Å²) in [6.45, 7) is 2.22. The van der Waals surface area contributed by atoms with E-state index in [-0.39, 0.29) is 0 Å². The van der Waals surface area contributed by atoms with Gasteiger partial charge in [0, 0.05) is 42.2 Å². The summed E-state index contributed by atoms with van der Waals surface area (Å²) in [6, 6.07) is 20.8. The number of methoxy groups -OCH3 is 4. The maximum Gasteiger partial charge on any atom is 0.194 e. The van der Waals surface area contributed by atoms with Gasteiger partial charge in [-0.2, -0.15) is 4.57 Å². The van der Waals surface area contributed by atoms with Crippen LogP contribution in [-0.4, -0.2) is 53.3 Å². The molecule has 6 nitrogen and oxygen atoms in total. The normalized spacial score (nSPS) is 10.9. The first-order chi connectivity index (χ1) is 19.0. The molecule has 4 aromatic rings. The molecule has 39 heavy (non-hydrogen) atoms. The minimum absolute atomic E-state index is 0.555. The van der Waals surface area contributed by atoms with Crippen LogP contribution in [0.4, 0.5) is 5.69 Å². The lowest BCUT2D eigenvalue weighted by Crippen LogP contribution is -2.39. The molecule has 4 rings (SSSR count). The fraction of sp³-hybridized carbons (Fsp3) is 0.323. The monoisotopic (exact) mass is 569 g/mol. The van der Waals surface area contributed by atoms with Gasteiger partial charge in [0.05, 0.1) is 40.2 Å². The number of pyridine rings is 1. The van der Waals surface area contributed by atoms with Crippen LogP contribution in [0.2, 0.25) is 0 Å². The van der Waals surface area contributed by atoms with Gasteiger partial charge in [0.1, 0.15) is 0 Å². The number of benzene rings is 3. The largest absolute Gasteiger partial charge is 0.493 e. The van der Waals surface area contributed by atoms with Crippen molar-refractivity contribution in [1.82, 2.24) is 0 Å². The number of aromatic nitrogens is 1. The number of rotatable bonds is 13. The molecule has 0 bridgehead atoms. The molecular weight excluding hydrogens is 535 g/mol. The van der Waals surface area contributed by atoms with Crippen LogP contribution >= 0.6 is 23.2 Å². The van der Waals surface area contributed by atoms with Crippen LogP contribution in [0.3, 0.4) is 0 Å². The van der Waals surface area contributed by atoms with E-state index in [1.54, 1.807) is 28.4 Å². The molecule has 0 radical (unpaired) electrons. The van der Waals surface area contributed by atoms with E-state index in [0.717, 1.165) is 40.8 Å². The molecule has 0 spiro atoms. The Morgan fingerprint density at radius 1 is 0.667 bits per heavy atom. The van der Waals surface area contributed by atoms with Crippen LogP contribution in [0, 0.1) is 0 Å². The van der Waals surface area contributed by atoms with E-state index >= 15 is 0 Å². The predicted octanol–water partition coefficient (Wildman–Crippen LogP) is 6.08. The summed E-state index contributed by atoms with van der Waals surface area (Å²) < 4.78 is 24.5. The SMILES string of the molecule is COc1ccc(Cc2c3cc(OC)c(OC)cc3cc[n+]2Cc2ccc(N(CCCl)CCCl)cc2)cc1OC. The highest BCUT2D eigenvalue weighted by Gasteiger charge is 2.20. The van der Waals surface area contributed by atoms with Gasteiger partial charge in [0.15, 0.2) is 41.4 Å². The summed E-state index contributed by atoms with van der Waals surface area (Å²) in [6.07, 6.45) is 2.82. The molecule has 3 aromatic carbocycles. The lowest BCUT2D eigenvalue weighted by molar-refractivity contribution is -0.693. The maximum atomic E-state index is 6.01. The zero-order valence-electron chi connectivity index (χ0n) is 22.9. The van der Waals surface area contributed by atoms with E-state index in [9.17, 15) is 0 Å². The number of hydrogen-bond donors (Lipinski definition) is 0. The van der Waals surface area contributed by atoms with Crippen molar-refractivity contribution in [2.75, 3.05) is 58.2 Å². The zero-order chi connectivity index (χ0) is 27.8. The van der Waals surface area contributed by atoms with Gasteiger partial charge in [-0.25, -0.2) is 0 Å². The zero-order valence-corrected chi connectivity index (χ0v) is 24.4. The lowest BCUT2D eigenvalue weighted by Gasteiger charge is -2.22. The van der Waals surface area contributed by atoms with Gasteiger partial charge in [-0.05, 0) is 47.3 Å². The number of ether oxygens (including phenoxy) is 4. The van der Waals surface area contributed by atoms with Crippen molar-refractivity contribution in [3.05, 3.63) is 83.7 Å². The van der Waals surface area contributed by atoms with Crippen molar-refractivity contribution < 1.29 is 23.5 Å². The van der Waals surface area contributed by atoms with E-state index in [1.165, 1.54) is 5.56 Å². The molecule has 206 valence electrons. The first-order valence-corrected chi connectivity index (χ1v) is 13.9. The van der Waals surface area contributed by atoms with Crippen molar-refractivity contribution in [2.45, 2.75) is 13.0 Å². The van der Waals surface area contributed by atoms with Gasteiger partial charge in [-0.1, -0.05) is 18.2 Å². The molecule has 0 saturated heterocycles. The number of fused-ring (bicyclic) bond motifs is 1. The van der Waals surface area contributed by atoms with Crippen molar-refractivity contribution in [3.8, 4) is 23.0 Å². The molecule has 0 aliphatic carbocycles. The van der Waals surface area contributed by atoms with Gasteiger partial charge in [0.2, 0.25) is 0 Å². The van der Waals surface area contributed by atoms with Gasteiger partial charge in [-0.15, -0.1) is 23.2 Å². The van der Waals surface area contributed by atoms with Gasteiger partial charge in [-0.3, -0.25) is 0 Å². The third-order valence-electron chi connectivity index (χ3n) is 6.83. The minimum Gasteiger partial charge on any atom is -0.493 e. The molecule has 0 aliphatic rings. The number of nitrogens with zero attached hydrogens (tertiary/aromatic N) is 2. The van der Waals surface area contributed by atoms with Crippen LogP contribution in [-0.2, 0) is 13.0 Å². The van der Waals surface area contributed by atoms with E-state index in [4.69, 9.17) is 42.1 Å². The highest BCUT2D eigenvalue weighted by Crippen LogP contribution is 2.34. The Labute approximate surface area is 240 Å². The van der Waals surface area contributed by atoms with Crippen molar-refractivity contribution in [3.63, 3.8) is 0 Å². The standard InChI is InChI=1S/C31H35Cl2N2O4/c1-36-28-10-7-23(18-29(28)37-2)17-27-26-20-31(39-4)30(38-3)19-24(26)11-14-35(27)21-22-5-8-25(9-6-22)34(15-12-32)16-13-33/h5-11,14,18-20H,12-13,15-17,21H2,1-4H3/q+1. The molecular formula is C31H35Cl2N2O4+. The second-order valence-corrected chi connectivity index (χ2v) is 9.84. The van der Waals surface area contributed by atoms with E-state index in [0.29, 0.717) is 47.7 Å². The molecule has 1 heterocycles. The summed E-state index contributed by atoms with van der Waals surface area (Å²) in [5, 5.41) is 2.17. The summed E-state index contributed by atoms with van der Waals surface area (Å²) in [7, 11) is 6.62. The van der Waals surface area contributed by atoms with Crippen LogP contribution < -0.4 is 28.4 Å². The summed E-state index contributed by atoms with van der Waals surface area (Å²) in [5.74, 6) is 3.91. The molecule has 0 unspecified atom stereocenters. The summed E-state index contributed by atoms with van der Waals surface area (Å²) in [5.41, 5.74) is 4.56. The lowest BCUT2D eigenvalue weighted by atomic mass is 10.0. The van der Waals surface area contributed by atoms with Gasteiger partial charge < -0.3 is 23.8 Å². The number of anilines is 1. The Kier molecular flexibility index (Phi) is 10.0. The van der Waals surface area contributed by atoms with E-state index in [2.05, 4.69) is 58.1 Å². The smallest absolute Gasteiger partial charge is 0.194 e. The Balaban J connectivity index is 1.76. The second-order valence-electron chi connectivity index (χ2n) is 9.08. The molecule has 1 aromatic heterocycles. The molecule has 0 aliphatic heterocycles. The summed E-state index contributed by atoms with van der Waals surface area (Å²) >= 11 is 12.0. The van der Waals surface area contributed by atoms with Crippen LogP contribution in [0.15, 0.2) is 66.9 Å². The number of alkyl halides is 2. The highest BCUT2D eigenvalue weighted by molar-refractivity contribution is 6.18. The third kappa shape index (κ3) is 6.63. The van der Waals surface area contributed by atoms with Crippen LogP contribution in [0.25, 0.3) is 10.8 Å². The van der Waals surface area contributed by atoms with Crippen LogP contribution in [0.1, 0.15) is 16.8 Å². The molecule has 0 atom stereocenters. The fourth-order valence-electron chi connectivity index (χ4n) is 4.81. The average molecular weight is 571 g/mol. The highest BCUT2D eigenvalue weighted by atomic mass is 35.5. The molecule has 0 saturated carbocycles. The van der Waals surface area contributed by atoms with E-state index < -0.39 is 0 Å². The molecule has 0 amide bonds. The van der Waals surface area contributed by atoms with E-state index in [1.807, 2.05) is 18.2 Å². The second kappa shape index (κ2) is 13.6. The number of hydrogen-bond acceptors (Lipinski definition) is 5. The Bertz CT molecular complexity index is 1390. The van der Waals surface area contributed by atoms with Crippen molar-refractivity contribution in [2.24, 2.45) is 0 Å². The fourth-order valence-corrected chi connectivity index (χ4v) is 5.22. The Morgan fingerprint density at radius 2 is 1.26 bits per heavy atom. The molecule has 0 N–H and O–H groups in total. The molecule has 0 fully saturated rings.